The summed E-state index contributed by atoms with van der Waals surface area (Å²) in [6.07, 6.45) is 3.38. The molecule has 0 aliphatic rings. The van der Waals surface area contributed by atoms with Crippen LogP contribution in [0.5, 0.6) is 0 Å². The van der Waals surface area contributed by atoms with Gasteiger partial charge in [0.2, 0.25) is 0 Å². The van der Waals surface area contributed by atoms with Crippen molar-refractivity contribution in [2.75, 3.05) is 0 Å². The monoisotopic (exact) mass is 394 g/mol. The Morgan fingerprint density at radius 2 is 1.78 bits per heavy atom. The van der Waals surface area contributed by atoms with Crippen molar-refractivity contribution in [2.24, 2.45) is 0 Å². The first-order valence-electron chi connectivity index (χ1n) is 8.22. The Balaban J connectivity index is 1.68. The Morgan fingerprint density at radius 3 is 2.56 bits per heavy atom. The first-order valence-corrected chi connectivity index (χ1v) is 8.97. The molecule has 2 aromatic carbocycles. The summed E-state index contributed by atoms with van der Waals surface area (Å²) in [5, 5.41) is 11.2. The minimum atomic E-state index is 0.604. The first kappa shape index (κ1) is 16.2. The fraction of sp³-hybridized carbons (Fsp3) is 0.0526. The van der Waals surface area contributed by atoms with E-state index in [1.807, 2.05) is 49.4 Å². The van der Waals surface area contributed by atoms with Gasteiger partial charge < -0.3 is 0 Å². The van der Waals surface area contributed by atoms with Crippen LogP contribution in [0.1, 0.15) is 5.56 Å². The maximum Gasteiger partial charge on any atom is 0.182 e. The van der Waals surface area contributed by atoms with Gasteiger partial charge in [0.05, 0.1) is 17.3 Å². The van der Waals surface area contributed by atoms with Crippen molar-refractivity contribution in [3.63, 3.8) is 0 Å². The minimum absolute atomic E-state index is 0.604. The van der Waals surface area contributed by atoms with E-state index >= 15 is 0 Å². The van der Waals surface area contributed by atoms with Crippen LogP contribution in [0, 0.1) is 6.92 Å². The van der Waals surface area contributed by atoms with Gasteiger partial charge in [-0.2, -0.15) is 5.10 Å². The molecule has 0 atom stereocenters. The lowest BCUT2D eigenvalue weighted by atomic mass is 10.2. The molecule has 0 amide bonds. The zero-order valence-corrected chi connectivity index (χ0v) is 15.6. The Kier molecular flexibility index (Phi) is 3.63. The number of rotatable bonds is 2. The molecule has 5 rings (SSSR count). The Labute approximate surface area is 164 Å². The molecule has 0 fully saturated rings. The maximum atomic E-state index is 6.26. The summed E-state index contributed by atoms with van der Waals surface area (Å²) in [4.78, 5) is 9.18. The lowest BCUT2D eigenvalue weighted by Gasteiger charge is -2.05. The highest BCUT2D eigenvalue weighted by molar-refractivity contribution is 6.31. The van der Waals surface area contributed by atoms with E-state index in [0.29, 0.717) is 27.2 Å². The number of fused-ring (bicyclic) bond motifs is 3. The van der Waals surface area contributed by atoms with E-state index in [9.17, 15) is 0 Å². The van der Waals surface area contributed by atoms with Crippen LogP contribution in [-0.4, -0.2) is 29.4 Å². The summed E-state index contributed by atoms with van der Waals surface area (Å²) in [7, 11) is 0. The van der Waals surface area contributed by atoms with Crippen LogP contribution in [0.2, 0.25) is 10.0 Å². The molecule has 0 saturated heterocycles. The molecule has 0 N–H and O–H groups in total. The molecule has 27 heavy (non-hydrogen) atoms. The van der Waals surface area contributed by atoms with Gasteiger partial charge in [-0.3, -0.25) is 0 Å². The molecule has 0 radical (unpaired) electrons. The number of hydrogen-bond donors (Lipinski definition) is 0. The molecular formula is C19H12Cl2N6. The molecule has 3 aromatic heterocycles. The summed E-state index contributed by atoms with van der Waals surface area (Å²) < 4.78 is 3.40. The number of aromatic nitrogens is 6. The summed E-state index contributed by atoms with van der Waals surface area (Å²) in [5.41, 5.74) is 4.12. The molecule has 0 spiro atoms. The van der Waals surface area contributed by atoms with Crippen molar-refractivity contribution in [1.82, 2.24) is 29.4 Å². The third-order valence-corrected chi connectivity index (χ3v) is 5.07. The molecule has 3 heterocycles. The van der Waals surface area contributed by atoms with Crippen LogP contribution in [0.15, 0.2) is 55.0 Å². The van der Waals surface area contributed by atoms with Gasteiger partial charge in [0, 0.05) is 15.6 Å². The van der Waals surface area contributed by atoms with Crippen molar-refractivity contribution in [3.05, 3.63) is 70.6 Å². The second-order valence-electron chi connectivity index (χ2n) is 6.18. The lowest BCUT2D eigenvalue weighted by Crippen LogP contribution is -1.99. The number of benzene rings is 2. The number of aryl methyl sites for hydroxylation is 1. The highest BCUT2D eigenvalue weighted by Crippen LogP contribution is 2.25. The molecule has 0 aliphatic heterocycles. The van der Waals surface area contributed by atoms with E-state index in [2.05, 4.69) is 20.2 Å². The van der Waals surface area contributed by atoms with Crippen LogP contribution >= 0.6 is 23.2 Å². The summed E-state index contributed by atoms with van der Waals surface area (Å²) in [5.74, 6) is 0.604. The van der Waals surface area contributed by atoms with Crippen LogP contribution in [-0.2, 0) is 0 Å². The standard InChI is InChI=1S/C19H12Cl2N6/c1-11-2-7-14(8-16(11)21)27-18-15(9-23-27)19-24-17(25-26(19)10-22-18)12-3-5-13(20)6-4-12/h2-10H,1H3. The summed E-state index contributed by atoms with van der Waals surface area (Å²) in [6.45, 7) is 1.96. The van der Waals surface area contributed by atoms with E-state index in [0.717, 1.165) is 22.2 Å². The Morgan fingerprint density at radius 1 is 0.963 bits per heavy atom. The topological polar surface area (TPSA) is 60.9 Å². The predicted octanol–water partition coefficient (Wildman–Crippen LogP) is 4.75. The van der Waals surface area contributed by atoms with Crippen LogP contribution in [0.4, 0.5) is 0 Å². The second kappa shape index (κ2) is 6.04. The van der Waals surface area contributed by atoms with Crippen molar-refractivity contribution in [1.29, 1.82) is 0 Å². The van der Waals surface area contributed by atoms with Crippen LogP contribution < -0.4 is 0 Å². The maximum absolute atomic E-state index is 6.26. The molecule has 0 aliphatic carbocycles. The van der Waals surface area contributed by atoms with E-state index < -0.39 is 0 Å². The molecule has 8 heteroatoms. The van der Waals surface area contributed by atoms with Gasteiger partial charge in [0.1, 0.15) is 6.33 Å². The van der Waals surface area contributed by atoms with Crippen molar-refractivity contribution in [3.8, 4) is 17.1 Å². The summed E-state index contributed by atoms with van der Waals surface area (Å²) >= 11 is 12.2. The van der Waals surface area contributed by atoms with Gasteiger partial charge >= 0.3 is 0 Å². The lowest BCUT2D eigenvalue weighted by molar-refractivity contribution is 0.882. The predicted molar refractivity (Wildman–Crippen MR) is 106 cm³/mol. The number of hydrogen-bond acceptors (Lipinski definition) is 4. The zero-order valence-electron chi connectivity index (χ0n) is 14.1. The van der Waals surface area contributed by atoms with Gasteiger partial charge in [-0.15, -0.1) is 5.10 Å². The van der Waals surface area contributed by atoms with E-state index in [4.69, 9.17) is 23.2 Å². The highest BCUT2D eigenvalue weighted by atomic mass is 35.5. The molecule has 5 aromatic rings. The molecular weight excluding hydrogens is 383 g/mol. The van der Waals surface area contributed by atoms with Crippen molar-refractivity contribution < 1.29 is 0 Å². The minimum Gasteiger partial charge on any atom is -0.216 e. The average Bonchev–Trinajstić information content (AvgIpc) is 3.28. The highest BCUT2D eigenvalue weighted by Gasteiger charge is 2.14. The van der Waals surface area contributed by atoms with Gasteiger partial charge in [0.25, 0.3) is 0 Å². The fourth-order valence-corrected chi connectivity index (χ4v) is 3.25. The van der Waals surface area contributed by atoms with Gasteiger partial charge in [0.15, 0.2) is 17.1 Å². The van der Waals surface area contributed by atoms with E-state index in [1.54, 1.807) is 21.7 Å². The Hall–Kier alpha value is -2.96. The smallest absolute Gasteiger partial charge is 0.182 e. The van der Waals surface area contributed by atoms with E-state index in [1.165, 1.54) is 0 Å². The van der Waals surface area contributed by atoms with Crippen LogP contribution in [0.25, 0.3) is 33.8 Å². The quantitative estimate of drug-likeness (QED) is 0.433. The normalized spacial score (nSPS) is 11.5. The first-order chi connectivity index (χ1) is 13.1. The second-order valence-corrected chi connectivity index (χ2v) is 7.03. The zero-order chi connectivity index (χ0) is 18.5. The largest absolute Gasteiger partial charge is 0.216 e. The third-order valence-electron chi connectivity index (χ3n) is 4.41. The molecule has 0 unspecified atom stereocenters. The number of halogens is 2. The van der Waals surface area contributed by atoms with Gasteiger partial charge in [-0.05, 0) is 48.9 Å². The van der Waals surface area contributed by atoms with Crippen LogP contribution in [0.3, 0.4) is 0 Å². The SMILES string of the molecule is Cc1ccc(-n2ncc3c2ncn2nc(-c4ccc(Cl)cc4)nc32)cc1Cl. The fourth-order valence-electron chi connectivity index (χ4n) is 2.94. The Bertz CT molecular complexity index is 1300. The molecule has 132 valence electrons. The average molecular weight is 395 g/mol. The summed E-state index contributed by atoms with van der Waals surface area (Å²) in [6, 6.07) is 13.2. The molecule has 0 bridgehead atoms. The third kappa shape index (κ3) is 2.65. The van der Waals surface area contributed by atoms with Crippen molar-refractivity contribution in [2.45, 2.75) is 6.92 Å². The number of nitrogens with zero attached hydrogens (tertiary/aromatic N) is 6. The molecule has 0 saturated carbocycles. The van der Waals surface area contributed by atoms with Crippen molar-refractivity contribution >= 4 is 39.9 Å². The van der Waals surface area contributed by atoms with Gasteiger partial charge in [-0.25, -0.2) is 19.2 Å². The van der Waals surface area contributed by atoms with Gasteiger partial charge in [-0.1, -0.05) is 29.3 Å². The molecule has 6 nitrogen and oxygen atoms in total. The van der Waals surface area contributed by atoms with E-state index in [-0.39, 0.29) is 0 Å².